The number of nitrogens with one attached hydrogen (secondary N) is 1. The van der Waals surface area contributed by atoms with Crippen LogP contribution in [0.15, 0.2) is 24.3 Å². The van der Waals surface area contributed by atoms with E-state index in [-0.39, 0.29) is 0 Å². The minimum absolute atomic E-state index is 0.490. The van der Waals surface area contributed by atoms with Gasteiger partial charge in [0.25, 0.3) is 6.43 Å². The van der Waals surface area contributed by atoms with Crippen LogP contribution in [0.4, 0.5) is 14.5 Å². The predicted octanol–water partition coefficient (Wildman–Crippen LogP) is 1.74. The number of halogens is 2. The quantitative estimate of drug-likeness (QED) is 0.870. The molecule has 94 valence electrons. The summed E-state index contributed by atoms with van der Waals surface area (Å²) in [5.41, 5.74) is 1.11. The van der Waals surface area contributed by atoms with Crippen molar-refractivity contribution in [1.29, 1.82) is 0 Å². The van der Waals surface area contributed by atoms with Gasteiger partial charge in [0.05, 0.1) is 0 Å². The van der Waals surface area contributed by atoms with Crippen molar-refractivity contribution >= 4 is 5.69 Å². The van der Waals surface area contributed by atoms with Crippen molar-refractivity contribution in [3.63, 3.8) is 0 Å². The number of piperazine rings is 1. The molecule has 0 saturated carbocycles. The normalized spacial score (nSPS) is 16.3. The van der Waals surface area contributed by atoms with Crippen LogP contribution in [0.2, 0.25) is 0 Å². The molecule has 0 aromatic heterocycles. The summed E-state index contributed by atoms with van der Waals surface area (Å²) < 4.78 is 28.8. The van der Waals surface area contributed by atoms with Crippen molar-refractivity contribution in [2.24, 2.45) is 0 Å². The molecule has 1 aliphatic heterocycles. The van der Waals surface area contributed by atoms with Gasteiger partial charge in [0.2, 0.25) is 0 Å². The monoisotopic (exact) mass is 242 g/mol. The average Bonchev–Trinajstić information content (AvgIpc) is 2.38. The summed E-state index contributed by atoms with van der Waals surface area (Å²) in [5.74, 6) is 0.490. The zero-order valence-corrected chi connectivity index (χ0v) is 9.53. The molecule has 1 aliphatic rings. The molecule has 0 aliphatic carbocycles. The van der Waals surface area contributed by atoms with Gasteiger partial charge >= 0.3 is 0 Å². The van der Waals surface area contributed by atoms with Crippen molar-refractivity contribution in [2.75, 3.05) is 37.7 Å². The van der Waals surface area contributed by atoms with Gasteiger partial charge in [-0.25, -0.2) is 8.78 Å². The summed E-state index contributed by atoms with van der Waals surface area (Å²) in [6, 6.07) is 7.29. The third-order valence-corrected chi connectivity index (χ3v) is 2.69. The molecule has 3 nitrogen and oxygen atoms in total. The first-order valence-corrected chi connectivity index (χ1v) is 5.72. The van der Waals surface area contributed by atoms with Crippen LogP contribution in [0, 0.1) is 0 Å². The Morgan fingerprint density at radius 3 is 2.41 bits per heavy atom. The second-order valence-corrected chi connectivity index (χ2v) is 3.93. The lowest BCUT2D eigenvalue weighted by molar-refractivity contribution is 0.0819. The third-order valence-electron chi connectivity index (χ3n) is 2.69. The van der Waals surface area contributed by atoms with Gasteiger partial charge in [0.15, 0.2) is 0 Å². The van der Waals surface area contributed by atoms with Gasteiger partial charge in [-0.3, -0.25) is 0 Å². The minimum atomic E-state index is -2.43. The molecule has 0 atom stereocenters. The zero-order chi connectivity index (χ0) is 12.1. The molecular weight excluding hydrogens is 226 g/mol. The Balaban J connectivity index is 1.92. The molecule has 5 heteroatoms. The standard InChI is InChI=1S/C12H16F2N2O/c13-12(14)9-17-11-3-1-10(2-4-11)16-7-5-15-6-8-16/h1-4,12,15H,5-9H2. The van der Waals surface area contributed by atoms with Crippen LogP contribution in [0.5, 0.6) is 5.75 Å². The van der Waals surface area contributed by atoms with Crippen LogP contribution < -0.4 is 15.0 Å². The van der Waals surface area contributed by atoms with E-state index in [2.05, 4.69) is 10.2 Å². The maximum absolute atomic E-state index is 12.0. The highest BCUT2D eigenvalue weighted by Crippen LogP contribution is 2.20. The predicted molar refractivity (Wildman–Crippen MR) is 63.0 cm³/mol. The van der Waals surface area contributed by atoms with Gasteiger partial charge in [-0.15, -0.1) is 0 Å². The number of benzene rings is 1. The summed E-state index contributed by atoms with van der Waals surface area (Å²) in [6.07, 6.45) is -2.43. The Labute approximate surface area is 99.4 Å². The maximum Gasteiger partial charge on any atom is 0.272 e. The molecule has 1 saturated heterocycles. The molecular formula is C12H16F2N2O. The molecule has 2 rings (SSSR count). The maximum atomic E-state index is 12.0. The van der Waals surface area contributed by atoms with Gasteiger partial charge in [0.1, 0.15) is 12.4 Å². The topological polar surface area (TPSA) is 24.5 Å². The highest BCUT2D eigenvalue weighted by atomic mass is 19.3. The van der Waals surface area contributed by atoms with Crippen LogP contribution in [-0.4, -0.2) is 39.2 Å². The summed E-state index contributed by atoms with van der Waals surface area (Å²) in [5, 5.41) is 3.28. The lowest BCUT2D eigenvalue weighted by atomic mass is 10.2. The van der Waals surface area contributed by atoms with E-state index in [9.17, 15) is 8.78 Å². The first-order chi connectivity index (χ1) is 8.25. The minimum Gasteiger partial charge on any atom is -0.488 e. The van der Waals surface area contributed by atoms with E-state index in [1.807, 2.05) is 12.1 Å². The average molecular weight is 242 g/mol. The Morgan fingerprint density at radius 1 is 1.18 bits per heavy atom. The summed E-state index contributed by atoms with van der Waals surface area (Å²) in [4.78, 5) is 2.26. The SMILES string of the molecule is FC(F)COc1ccc(N2CCNCC2)cc1. The largest absolute Gasteiger partial charge is 0.488 e. The number of alkyl halides is 2. The van der Waals surface area contributed by atoms with E-state index in [0.717, 1.165) is 31.9 Å². The van der Waals surface area contributed by atoms with E-state index in [1.165, 1.54) is 0 Å². The smallest absolute Gasteiger partial charge is 0.272 e. The van der Waals surface area contributed by atoms with Crippen LogP contribution in [0.25, 0.3) is 0 Å². The van der Waals surface area contributed by atoms with Gasteiger partial charge in [-0.1, -0.05) is 0 Å². The van der Waals surface area contributed by atoms with Crippen molar-refractivity contribution in [2.45, 2.75) is 6.43 Å². The molecule has 0 unspecified atom stereocenters. The number of nitrogens with zero attached hydrogens (tertiary/aromatic N) is 1. The summed E-state index contributed by atoms with van der Waals surface area (Å²) >= 11 is 0. The first-order valence-electron chi connectivity index (χ1n) is 5.72. The Bertz CT molecular complexity index is 337. The van der Waals surface area contributed by atoms with E-state index in [4.69, 9.17) is 4.74 Å². The Kier molecular flexibility index (Phi) is 4.14. The fourth-order valence-electron chi connectivity index (χ4n) is 1.84. The second-order valence-electron chi connectivity index (χ2n) is 3.93. The number of anilines is 1. The second kappa shape index (κ2) is 5.82. The number of rotatable bonds is 4. The van der Waals surface area contributed by atoms with E-state index in [1.54, 1.807) is 12.1 Å². The lowest BCUT2D eigenvalue weighted by Gasteiger charge is -2.29. The summed E-state index contributed by atoms with van der Waals surface area (Å²) in [6.45, 7) is 3.34. The highest BCUT2D eigenvalue weighted by molar-refractivity contribution is 5.49. The number of hydrogen-bond acceptors (Lipinski definition) is 3. The van der Waals surface area contributed by atoms with Crippen molar-refractivity contribution < 1.29 is 13.5 Å². The number of ether oxygens (including phenoxy) is 1. The molecule has 0 spiro atoms. The molecule has 1 fully saturated rings. The molecule has 0 radical (unpaired) electrons. The van der Waals surface area contributed by atoms with Gasteiger partial charge < -0.3 is 15.0 Å². The molecule has 17 heavy (non-hydrogen) atoms. The molecule has 1 aromatic carbocycles. The van der Waals surface area contributed by atoms with Crippen LogP contribution in [0.1, 0.15) is 0 Å². The zero-order valence-electron chi connectivity index (χ0n) is 9.53. The van der Waals surface area contributed by atoms with E-state index < -0.39 is 13.0 Å². The van der Waals surface area contributed by atoms with Crippen molar-refractivity contribution in [3.05, 3.63) is 24.3 Å². The highest BCUT2D eigenvalue weighted by Gasteiger charge is 2.10. The van der Waals surface area contributed by atoms with E-state index in [0.29, 0.717) is 5.75 Å². The Morgan fingerprint density at radius 2 is 1.82 bits per heavy atom. The molecule has 0 bridgehead atoms. The molecule has 1 aromatic rings. The van der Waals surface area contributed by atoms with Gasteiger partial charge in [0, 0.05) is 31.9 Å². The fraction of sp³-hybridized carbons (Fsp3) is 0.500. The number of hydrogen-bond donors (Lipinski definition) is 1. The Hall–Kier alpha value is -1.36. The van der Waals surface area contributed by atoms with Crippen LogP contribution in [-0.2, 0) is 0 Å². The van der Waals surface area contributed by atoms with Crippen molar-refractivity contribution in [3.8, 4) is 5.75 Å². The van der Waals surface area contributed by atoms with Crippen LogP contribution in [0.3, 0.4) is 0 Å². The lowest BCUT2D eigenvalue weighted by Crippen LogP contribution is -2.43. The molecule has 0 amide bonds. The van der Waals surface area contributed by atoms with Gasteiger partial charge in [-0.05, 0) is 24.3 Å². The molecule has 1 heterocycles. The van der Waals surface area contributed by atoms with Crippen molar-refractivity contribution in [1.82, 2.24) is 5.32 Å². The summed E-state index contributed by atoms with van der Waals surface area (Å²) in [7, 11) is 0. The third kappa shape index (κ3) is 3.56. The van der Waals surface area contributed by atoms with Crippen LogP contribution >= 0.6 is 0 Å². The fourth-order valence-corrected chi connectivity index (χ4v) is 1.84. The molecule has 1 N–H and O–H groups in total. The van der Waals surface area contributed by atoms with Gasteiger partial charge in [-0.2, -0.15) is 0 Å². The van der Waals surface area contributed by atoms with E-state index >= 15 is 0 Å². The first kappa shape index (κ1) is 12.1.